The van der Waals surface area contributed by atoms with E-state index in [9.17, 15) is 19.2 Å². The molecular weight excluding hydrogens is 426 g/mol. The predicted molar refractivity (Wildman–Crippen MR) is 119 cm³/mol. The number of imide groups is 1. The molecule has 33 heavy (non-hydrogen) atoms. The van der Waals surface area contributed by atoms with Crippen LogP contribution in [0.5, 0.6) is 5.75 Å². The normalized spacial score (nSPS) is 22.4. The van der Waals surface area contributed by atoms with Gasteiger partial charge in [0.15, 0.2) is 6.61 Å². The molecule has 1 aromatic rings. The van der Waals surface area contributed by atoms with E-state index in [0.717, 1.165) is 11.4 Å². The maximum atomic E-state index is 12.5. The van der Waals surface area contributed by atoms with E-state index in [1.165, 1.54) is 4.90 Å². The molecule has 0 bridgehead atoms. The molecule has 3 amide bonds. The first-order valence-corrected chi connectivity index (χ1v) is 11.3. The third-order valence-electron chi connectivity index (χ3n) is 6.56. The second kappa shape index (κ2) is 10.1. The molecule has 0 saturated carbocycles. The highest BCUT2D eigenvalue weighted by Gasteiger charge is 2.47. The van der Waals surface area contributed by atoms with Gasteiger partial charge in [0.05, 0.1) is 25.4 Å². The fourth-order valence-corrected chi connectivity index (χ4v) is 4.61. The summed E-state index contributed by atoms with van der Waals surface area (Å²) in [6.07, 6.45) is 4.87. The minimum Gasteiger partial charge on any atom is -0.497 e. The van der Waals surface area contributed by atoms with Crippen molar-refractivity contribution in [3.05, 3.63) is 36.4 Å². The van der Waals surface area contributed by atoms with Crippen LogP contribution in [0.15, 0.2) is 36.4 Å². The highest BCUT2D eigenvalue weighted by molar-refractivity contribution is 6.05. The molecule has 176 valence electrons. The number of rotatable bonds is 7. The number of fused-ring (bicyclic) bond motifs is 1. The van der Waals surface area contributed by atoms with Crippen molar-refractivity contribution in [3.63, 3.8) is 0 Å². The van der Waals surface area contributed by atoms with Gasteiger partial charge in [-0.2, -0.15) is 0 Å². The number of benzene rings is 1. The monoisotopic (exact) mass is 455 g/mol. The Kier molecular flexibility index (Phi) is 6.96. The number of ether oxygens (including phenoxy) is 2. The van der Waals surface area contributed by atoms with Gasteiger partial charge in [-0.15, -0.1) is 0 Å². The predicted octanol–water partition coefficient (Wildman–Crippen LogP) is 1.23. The summed E-state index contributed by atoms with van der Waals surface area (Å²) in [6.45, 7) is 2.10. The van der Waals surface area contributed by atoms with Gasteiger partial charge in [0.25, 0.3) is 5.91 Å². The molecule has 4 rings (SSSR count). The highest BCUT2D eigenvalue weighted by Crippen LogP contribution is 2.35. The smallest absolute Gasteiger partial charge is 0.308 e. The summed E-state index contributed by atoms with van der Waals surface area (Å²) >= 11 is 0. The van der Waals surface area contributed by atoms with Crippen molar-refractivity contribution in [2.75, 3.05) is 51.3 Å². The number of carbonyl (C=O) groups is 4. The standard InChI is InChI=1S/C24H29N3O6/c1-32-18-8-6-17(7-9-18)25-12-14-26(15-13-25)21(28)16-33-22(29)10-11-27-23(30)19-4-2-3-5-20(19)24(27)31/h2-3,6-9,19-20H,4-5,10-16H2,1H3. The molecule has 3 aliphatic rings. The second-order valence-electron chi connectivity index (χ2n) is 8.46. The van der Waals surface area contributed by atoms with Crippen LogP contribution in [0.1, 0.15) is 19.3 Å². The summed E-state index contributed by atoms with van der Waals surface area (Å²) in [7, 11) is 1.63. The number of esters is 1. The lowest BCUT2D eigenvalue weighted by atomic mass is 9.85. The Morgan fingerprint density at radius 2 is 1.55 bits per heavy atom. The Hall–Kier alpha value is -3.36. The van der Waals surface area contributed by atoms with Gasteiger partial charge in [-0.05, 0) is 37.1 Å². The van der Waals surface area contributed by atoms with Gasteiger partial charge in [-0.25, -0.2) is 0 Å². The second-order valence-corrected chi connectivity index (χ2v) is 8.46. The van der Waals surface area contributed by atoms with Gasteiger partial charge in [-0.1, -0.05) is 12.2 Å². The molecule has 0 radical (unpaired) electrons. The fraction of sp³-hybridized carbons (Fsp3) is 0.500. The Bertz CT molecular complexity index is 910. The maximum Gasteiger partial charge on any atom is 0.308 e. The van der Waals surface area contributed by atoms with E-state index in [1.54, 1.807) is 12.0 Å². The number of amides is 3. The molecule has 0 spiro atoms. The first-order chi connectivity index (χ1) is 16.0. The molecular formula is C24H29N3O6. The molecule has 2 atom stereocenters. The summed E-state index contributed by atoms with van der Waals surface area (Å²) in [6, 6.07) is 7.78. The summed E-state index contributed by atoms with van der Waals surface area (Å²) in [5.41, 5.74) is 1.07. The number of piperazine rings is 1. The number of allylic oxidation sites excluding steroid dienone is 2. The number of hydrogen-bond acceptors (Lipinski definition) is 7. The number of hydrogen-bond donors (Lipinski definition) is 0. The molecule has 1 aliphatic carbocycles. The Morgan fingerprint density at radius 1 is 0.939 bits per heavy atom. The third-order valence-corrected chi connectivity index (χ3v) is 6.56. The van der Waals surface area contributed by atoms with Crippen LogP contribution >= 0.6 is 0 Å². The van der Waals surface area contributed by atoms with Gasteiger partial charge < -0.3 is 19.3 Å². The quantitative estimate of drug-likeness (QED) is 0.347. The molecule has 0 aromatic heterocycles. The lowest BCUT2D eigenvalue weighted by Gasteiger charge is -2.36. The van der Waals surface area contributed by atoms with Crippen LogP contribution in [0.4, 0.5) is 5.69 Å². The van der Waals surface area contributed by atoms with Gasteiger partial charge in [0.2, 0.25) is 11.8 Å². The fourth-order valence-electron chi connectivity index (χ4n) is 4.61. The number of nitrogens with zero attached hydrogens (tertiary/aromatic N) is 3. The van der Waals surface area contributed by atoms with Gasteiger partial charge in [0.1, 0.15) is 5.75 Å². The molecule has 2 unspecified atom stereocenters. The Morgan fingerprint density at radius 3 is 2.12 bits per heavy atom. The number of anilines is 1. The number of carbonyl (C=O) groups excluding carboxylic acids is 4. The Labute approximate surface area is 192 Å². The zero-order chi connectivity index (χ0) is 23.4. The van der Waals surface area contributed by atoms with Gasteiger partial charge in [0, 0.05) is 38.4 Å². The first kappa shape index (κ1) is 22.8. The van der Waals surface area contributed by atoms with Crippen LogP contribution in [0, 0.1) is 11.8 Å². The molecule has 9 nitrogen and oxygen atoms in total. The Balaban J connectivity index is 1.17. The lowest BCUT2D eigenvalue weighted by molar-refractivity contribution is -0.153. The molecule has 2 aliphatic heterocycles. The van der Waals surface area contributed by atoms with Gasteiger partial charge in [-0.3, -0.25) is 24.1 Å². The third kappa shape index (κ3) is 5.02. The van der Waals surface area contributed by atoms with Crippen molar-refractivity contribution >= 4 is 29.4 Å². The summed E-state index contributed by atoms with van der Waals surface area (Å²) in [4.78, 5) is 54.5. The minimum atomic E-state index is -0.589. The molecule has 2 heterocycles. The highest BCUT2D eigenvalue weighted by atomic mass is 16.5. The van der Waals surface area contributed by atoms with Crippen molar-refractivity contribution < 1.29 is 28.7 Å². The van der Waals surface area contributed by atoms with Crippen molar-refractivity contribution in [3.8, 4) is 5.75 Å². The van der Waals surface area contributed by atoms with Crippen LogP contribution in [0.2, 0.25) is 0 Å². The van der Waals surface area contributed by atoms with Crippen LogP contribution in [-0.2, 0) is 23.9 Å². The molecule has 2 saturated heterocycles. The van der Waals surface area contributed by atoms with E-state index < -0.39 is 5.97 Å². The molecule has 0 N–H and O–H groups in total. The SMILES string of the molecule is COc1ccc(N2CCN(C(=O)COC(=O)CCN3C(=O)C4CC=CCC4C3=O)CC2)cc1. The maximum absolute atomic E-state index is 12.5. The van der Waals surface area contributed by atoms with Crippen LogP contribution in [0.25, 0.3) is 0 Å². The van der Waals surface area contributed by atoms with Crippen molar-refractivity contribution in [2.24, 2.45) is 11.8 Å². The summed E-state index contributed by atoms with van der Waals surface area (Å²) in [5.74, 6) is -1.09. The first-order valence-electron chi connectivity index (χ1n) is 11.3. The van der Waals surface area contributed by atoms with Crippen LogP contribution in [-0.4, -0.2) is 79.9 Å². The van der Waals surface area contributed by atoms with Crippen molar-refractivity contribution in [1.29, 1.82) is 0 Å². The molecule has 2 fully saturated rings. The largest absolute Gasteiger partial charge is 0.497 e. The van der Waals surface area contributed by atoms with Crippen LogP contribution < -0.4 is 9.64 Å². The average Bonchev–Trinajstić information content (AvgIpc) is 3.11. The summed E-state index contributed by atoms with van der Waals surface area (Å²) < 4.78 is 10.3. The zero-order valence-electron chi connectivity index (χ0n) is 18.8. The molecule has 1 aromatic carbocycles. The number of methoxy groups -OCH3 is 1. The van der Waals surface area contributed by atoms with Crippen molar-refractivity contribution in [1.82, 2.24) is 9.80 Å². The average molecular weight is 456 g/mol. The zero-order valence-corrected chi connectivity index (χ0v) is 18.8. The van der Waals surface area contributed by atoms with E-state index in [-0.39, 0.29) is 49.1 Å². The van der Waals surface area contributed by atoms with E-state index >= 15 is 0 Å². The topological polar surface area (TPSA) is 96.5 Å². The van der Waals surface area contributed by atoms with Crippen molar-refractivity contribution in [2.45, 2.75) is 19.3 Å². The molecule has 9 heteroatoms. The summed E-state index contributed by atoms with van der Waals surface area (Å²) in [5, 5.41) is 0. The van der Waals surface area contributed by atoms with E-state index in [0.29, 0.717) is 39.0 Å². The van der Waals surface area contributed by atoms with E-state index in [2.05, 4.69) is 4.90 Å². The van der Waals surface area contributed by atoms with E-state index in [4.69, 9.17) is 9.47 Å². The lowest BCUT2D eigenvalue weighted by Crippen LogP contribution is -2.50. The van der Waals surface area contributed by atoms with Gasteiger partial charge >= 0.3 is 5.97 Å². The minimum absolute atomic E-state index is 0.00176. The van der Waals surface area contributed by atoms with E-state index in [1.807, 2.05) is 36.4 Å². The van der Waals surface area contributed by atoms with Crippen LogP contribution in [0.3, 0.4) is 0 Å². The number of likely N-dealkylation sites (tertiary alicyclic amines) is 1.